The Bertz CT molecular complexity index is 1300. The lowest BCUT2D eigenvalue weighted by atomic mass is 9.82. The first kappa shape index (κ1) is 23.9. The number of aryl methyl sites for hydroxylation is 1. The third-order valence-electron chi connectivity index (χ3n) is 6.90. The van der Waals surface area contributed by atoms with Crippen molar-refractivity contribution in [2.24, 2.45) is 5.92 Å². The summed E-state index contributed by atoms with van der Waals surface area (Å²) in [6, 6.07) is 14.7. The molecule has 36 heavy (non-hydrogen) atoms. The number of para-hydroxylation sites is 1. The van der Waals surface area contributed by atoms with Crippen molar-refractivity contribution < 1.29 is 19.8 Å². The molecule has 0 aliphatic carbocycles. The van der Waals surface area contributed by atoms with Crippen molar-refractivity contribution in [1.82, 2.24) is 15.0 Å². The van der Waals surface area contributed by atoms with Crippen LogP contribution in [0, 0.1) is 5.92 Å². The van der Waals surface area contributed by atoms with E-state index in [2.05, 4.69) is 10.3 Å². The quantitative estimate of drug-likeness (QED) is 0.355. The van der Waals surface area contributed by atoms with E-state index in [0.29, 0.717) is 55.0 Å². The van der Waals surface area contributed by atoms with Crippen LogP contribution in [0.25, 0.3) is 0 Å². The SMILES string of the molecule is C[C@@H](/C=C/CCn1cc(CCO)nn1)[C@]1(O)C(=O)N(c2ccccc2)c2ccc(N3CCC3=O)cc21. The van der Waals surface area contributed by atoms with Crippen LogP contribution in [0.15, 0.2) is 66.9 Å². The first-order valence-electron chi connectivity index (χ1n) is 12.2. The van der Waals surface area contributed by atoms with Crippen LogP contribution in [0.3, 0.4) is 0 Å². The molecule has 1 fully saturated rings. The highest BCUT2D eigenvalue weighted by atomic mass is 16.3. The highest BCUT2D eigenvalue weighted by Crippen LogP contribution is 2.49. The van der Waals surface area contributed by atoms with E-state index in [9.17, 15) is 14.7 Å². The lowest BCUT2D eigenvalue weighted by Gasteiger charge is -2.32. The number of aliphatic hydroxyl groups excluding tert-OH is 1. The van der Waals surface area contributed by atoms with E-state index in [0.717, 1.165) is 5.69 Å². The standard InChI is InChI=1S/C27H29N5O4/c1-19(7-5-6-14-30-18-20(13-16-33)28-29-30)27(36)23-17-22(31-15-12-25(31)34)10-11-24(23)32(26(27)35)21-8-3-2-4-9-21/h2-5,7-11,17-19,33,36H,6,12-16H2,1H3/b7-5+/t19-,27+/m0/s1. The smallest absolute Gasteiger partial charge is 0.268 e. The van der Waals surface area contributed by atoms with Gasteiger partial charge < -0.3 is 15.1 Å². The van der Waals surface area contributed by atoms with E-state index in [1.807, 2.05) is 61.5 Å². The fourth-order valence-corrected chi connectivity index (χ4v) is 4.77. The summed E-state index contributed by atoms with van der Waals surface area (Å²) in [5.74, 6) is -0.913. The summed E-state index contributed by atoms with van der Waals surface area (Å²) < 4.78 is 1.71. The van der Waals surface area contributed by atoms with E-state index in [1.54, 1.807) is 26.7 Å². The summed E-state index contributed by atoms with van der Waals surface area (Å²) >= 11 is 0. The summed E-state index contributed by atoms with van der Waals surface area (Å²) in [4.78, 5) is 29.1. The number of carbonyl (C=O) groups excluding carboxylic acids is 2. The van der Waals surface area contributed by atoms with Crippen molar-refractivity contribution in [3.8, 4) is 0 Å². The number of nitrogens with zero attached hydrogens (tertiary/aromatic N) is 5. The van der Waals surface area contributed by atoms with Gasteiger partial charge in [0.15, 0.2) is 5.60 Å². The number of allylic oxidation sites excluding steroid dienone is 1. The molecule has 2 aromatic carbocycles. The molecule has 3 aromatic rings. The molecule has 1 aromatic heterocycles. The first-order valence-corrected chi connectivity index (χ1v) is 12.2. The molecular formula is C27H29N5O4. The van der Waals surface area contributed by atoms with Gasteiger partial charge >= 0.3 is 0 Å². The van der Waals surface area contributed by atoms with Gasteiger partial charge in [-0.25, -0.2) is 0 Å². The third kappa shape index (κ3) is 4.10. The largest absolute Gasteiger partial charge is 0.396 e. The van der Waals surface area contributed by atoms with Crippen LogP contribution >= 0.6 is 0 Å². The molecule has 5 rings (SSSR count). The number of hydrogen-bond acceptors (Lipinski definition) is 6. The minimum atomic E-state index is -1.78. The predicted molar refractivity (Wildman–Crippen MR) is 135 cm³/mol. The molecule has 0 spiro atoms. The van der Waals surface area contributed by atoms with Crippen molar-refractivity contribution in [3.63, 3.8) is 0 Å². The van der Waals surface area contributed by atoms with Crippen LogP contribution in [-0.4, -0.2) is 50.2 Å². The van der Waals surface area contributed by atoms with E-state index < -0.39 is 17.4 Å². The molecule has 2 N–H and O–H groups in total. The van der Waals surface area contributed by atoms with Crippen molar-refractivity contribution in [3.05, 3.63) is 78.1 Å². The number of anilines is 3. The van der Waals surface area contributed by atoms with Crippen molar-refractivity contribution in [1.29, 1.82) is 0 Å². The maximum atomic E-state index is 13.8. The number of amides is 2. The Kier molecular flexibility index (Phi) is 6.42. The summed E-state index contributed by atoms with van der Waals surface area (Å²) in [7, 11) is 0. The van der Waals surface area contributed by atoms with Gasteiger partial charge in [-0.3, -0.25) is 19.2 Å². The number of benzene rings is 2. The van der Waals surface area contributed by atoms with E-state index in [1.165, 1.54) is 0 Å². The number of β-lactam (4-membered cyclic amide) rings is 1. The molecule has 9 heteroatoms. The normalized spacial score (nSPS) is 20.2. The van der Waals surface area contributed by atoms with Gasteiger partial charge in [0.05, 0.1) is 11.4 Å². The minimum absolute atomic E-state index is 0.0256. The van der Waals surface area contributed by atoms with Gasteiger partial charge in [-0.2, -0.15) is 0 Å². The topological polar surface area (TPSA) is 112 Å². The number of fused-ring (bicyclic) bond motifs is 1. The van der Waals surface area contributed by atoms with E-state index in [-0.39, 0.29) is 12.5 Å². The maximum absolute atomic E-state index is 13.8. The number of hydrogen-bond donors (Lipinski definition) is 2. The molecule has 2 amide bonds. The van der Waals surface area contributed by atoms with Crippen LogP contribution in [-0.2, 0) is 28.2 Å². The van der Waals surface area contributed by atoms with Crippen molar-refractivity contribution >= 4 is 28.9 Å². The van der Waals surface area contributed by atoms with Gasteiger partial charge in [-0.15, -0.1) is 5.10 Å². The van der Waals surface area contributed by atoms with Crippen molar-refractivity contribution in [2.75, 3.05) is 23.0 Å². The van der Waals surface area contributed by atoms with Gasteiger partial charge in [0, 0.05) is 61.6 Å². The number of carbonyl (C=O) groups is 2. The number of aliphatic hydroxyl groups is 2. The maximum Gasteiger partial charge on any atom is 0.268 e. The fourth-order valence-electron chi connectivity index (χ4n) is 4.77. The lowest BCUT2D eigenvalue weighted by Crippen LogP contribution is -2.44. The lowest BCUT2D eigenvalue weighted by molar-refractivity contribution is -0.138. The molecule has 2 aliphatic heterocycles. The van der Waals surface area contributed by atoms with Gasteiger partial charge in [0.25, 0.3) is 5.91 Å². The fraction of sp³-hybridized carbons (Fsp3) is 0.333. The zero-order chi connectivity index (χ0) is 25.3. The Labute approximate surface area is 209 Å². The van der Waals surface area contributed by atoms with Gasteiger partial charge in [-0.05, 0) is 36.8 Å². The molecule has 0 saturated carbocycles. The third-order valence-corrected chi connectivity index (χ3v) is 6.90. The number of rotatable bonds is 9. The molecule has 0 unspecified atom stereocenters. The van der Waals surface area contributed by atoms with Crippen LogP contribution in [0.5, 0.6) is 0 Å². The van der Waals surface area contributed by atoms with Crippen molar-refractivity contribution in [2.45, 2.75) is 38.3 Å². The van der Waals surface area contributed by atoms with Crippen LogP contribution in [0.2, 0.25) is 0 Å². The molecule has 0 bridgehead atoms. The predicted octanol–water partition coefficient (Wildman–Crippen LogP) is 2.70. The highest BCUT2D eigenvalue weighted by molar-refractivity contribution is 6.13. The molecule has 2 aliphatic rings. The average Bonchev–Trinajstić information content (AvgIpc) is 3.42. The zero-order valence-electron chi connectivity index (χ0n) is 20.1. The monoisotopic (exact) mass is 487 g/mol. The summed E-state index contributed by atoms with van der Waals surface area (Å²) in [5, 5.41) is 29.1. The molecule has 186 valence electrons. The second-order valence-corrected chi connectivity index (χ2v) is 9.19. The highest BCUT2D eigenvalue weighted by Gasteiger charge is 2.53. The zero-order valence-corrected chi connectivity index (χ0v) is 20.1. The minimum Gasteiger partial charge on any atom is -0.396 e. The van der Waals surface area contributed by atoms with Crippen LogP contribution < -0.4 is 9.80 Å². The Morgan fingerprint density at radius 2 is 1.94 bits per heavy atom. The molecule has 2 atom stereocenters. The molecular weight excluding hydrogens is 458 g/mol. The first-order chi connectivity index (χ1) is 17.4. The summed E-state index contributed by atoms with van der Waals surface area (Å²) in [6.45, 7) is 3.06. The Hall–Kier alpha value is -3.82. The van der Waals surface area contributed by atoms with Crippen LogP contribution in [0.4, 0.5) is 17.1 Å². The molecule has 0 radical (unpaired) electrons. The average molecular weight is 488 g/mol. The Morgan fingerprint density at radius 1 is 1.14 bits per heavy atom. The molecule has 1 saturated heterocycles. The summed E-state index contributed by atoms with van der Waals surface area (Å²) in [6.07, 6.45) is 7.18. The second kappa shape index (κ2) is 9.67. The Balaban J connectivity index is 1.42. The van der Waals surface area contributed by atoms with Gasteiger partial charge in [-0.1, -0.05) is 42.5 Å². The Morgan fingerprint density at radius 3 is 2.64 bits per heavy atom. The van der Waals surface area contributed by atoms with Gasteiger partial charge in [0.2, 0.25) is 5.91 Å². The molecule has 3 heterocycles. The van der Waals surface area contributed by atoms with Gasteiger partial charge in [0.1, 0.15) is 0 Å². The molecule has 9 nitrogen and oxygen atoms in total. The second-order valence-electron chi connectivity index (χ2n) is 9.19. The van der Waals surface area contributed by atoms with Crippen LogP contribution in [0.1, 0.15) is 31.0 Å². The summed E-state index contributed by atoms with van der Waals surface area (Å²) in [5.41, 5.74) is 1.42. The van der Waals surface area contributed by atoms with E-state index >= 15 is 0 Å². The van der Waals surface area contributed by atoms with E-state index in [4.69, 9.17) is 5.11 Å². The number of aromatic nitrogens is 3.